The Hall–Kier alpha value is -5.28. The summed E-state index contributed by atoms with van der Waals surface area (Å²) in [7, 11) is 0. The fraction of sp³-hybridized carbons (Fsp3) is 0.451. The Labute approximate surface area is 374 Å². The maximum Gasteiger partial charge on any atom is 0.287 e. The molecule has 9 rings (SSSR count). The zero-order valence-corrected chi connectivity index (χ0v) is 36.3. The largest absolute Gasteiger partial charge is 0.384 e. The van der Waals surface area contributed by atoms with Gasteiger partial charge in [0.25, 0.3) is 29.3 Å². The second-order valence-corrected chi connectivity index (χ2v) is 18.6. The monoisotopic (exact) mass is 869 g/mol. The van der Waals surface area contributed by atoms with E-state index in [1.807, 2.05) is 34.1 Å². The van der Waals surface area contributed by atoms with Crippen molar-refractivity contribution < 1.29 is 38.9 Å². The number of likely N-dealkylation sites (tertiary alicyclic amines) is 2. The molecule has 0 radical (unpaired) electrons. The summed E-state index contributed by atoms with van der Waals surface area (Å²) in [5.41, 5.74) is 14.5. The zero-order chi connectivity index (χ0) is 44.7. The molecule has 5 fully saturated rings. The van der Waals surface area contributed by atoms with Crippen molar-refractivity contribution in [2.24, 2.45) is 11.5 Å². The number of nitrogens with zero attached hydrogens (tertiary/aromatic N) is 2. The lowest BCUT2D eigenvalue weighted by molar-refractivity contribution is -0.307. The van der Waals surface area contributed by atoms with E-state index in [2.05, 4.69) is 29.6 Å². The molecule has 2 atom stereocenters. The van der Waals surface area contributed by atoms with Crippen LogP contribution in [-0.2, 0) is 38.6 Å². The highest BCUT2D eigenvalue weighted by molar-refractivity contribution is 6.01. The van der Waals surface area contributed by atoms with Crippen molar-refractivity contribution in [1.29, 1.82) is 0 Å². The van der Waals surface area contributed by atoms with E-state index in [1.54, 1.807) is 48.5 Å². The van der Waals surface area contributed by atoms with Crippen LogP contribution in [0.25, 0.3) is 0 Å². The molecular weight excluding hydrogens is 811 g/mol. The molecule has 0 aromatic heterocycles. The van der Waals surface area contributed by atoms with Crippen molar-refractivity contribution >= 4 is 29.2 Å². The van der Waals surface area contributed by atoms with E-state index < -0.39 is 34.5 Å². The summed E-state index contributed by atoms with van der Waals surface area (Å²) in [5.74, 6) is -6.26. The van der Waals surface area contributed by atoms with Gasteiger partial charge in [0.05, 0.1) is 0 Å². The van der Waals surface area contributed by atoms with E-state index in [0.717, 1.165) is 36.8 Å². The van der Waals surface area contributed by atoms with Gasteiger partial charge in [-0.2, -0.15) is 0 Å². The van der Waals surface area contributed by atoms with Crippen molar-refractivity contribution in [2.45, 2.75) is 118 Å². The summed E-state index contributed by atoms with van der Waals surface area (Å²) < 4.78 is 12.8. The number of ketones is 1. The average molecular weight is 870 g/mol. The number of ether oxygens (including phenoxy) is 2. The maximum atomic E-state index is 14.7. The maximum absolute atomic E-state index is 14.7. The van der Waals surface area contributed by atoms with Gasteiger partial charge < -0.3 is 41.5 Å². The first kappa shape index (κ1) is 43.9. The fourth-order valence-electron chi connectivity index (χ4n) is 10.5. The molecular formula is C51H59N5O8. The predicted octanol–water partition coefficient (Wildman–Crippen LogP) is 5.66. The van der Waals surface area contributed by atoms with Crippen LogP contribution in [-0.4, -0.2) is 92.5 Å². The first-order valence-electron chi connectivity index (χ1n) is 22.9. The van der Waals surface area contributed by atoms with Gasteiger partial charge in [-0.05, 0) is 134 Å². The molecule has 3 aliphatic heterocycles. The number of nitrogens with two attached hydrogens (primary N) is 2. The SMILES string of the molecule is NCc1cccc(C2CCN(C(=O)c3cccc(CC(=O)C4(C5(O)CCC5)OC5(CCC5)C(O)(C(=O)Nc5cccc(C(=O)N6CCC(c7cccc(CN)c7)CC6)c5)O4)c3)CC2)c1. The Morgan fingerprint density at radius 3 is 1.62 bits per heavy atom. The molecule has 2 saturated carbocycles. The van der Waals surface area contributed by atoms with Crippen LogP contribution in [0.3, 0.4) is 0 Å². The normalized spacial score (nSPS) is 24.2. The summed E-state index contributed by atoms with van der Waals surface area (Å²) in [4.78, 5) is 60.2. The van der Waals surface area contributed by atoms with Gasteiger partial charge in [0.2, 0.25) is 0 Å². The number of hydrogen-bond acceptors (Lipinski definition) is 10. The van der Waals surface area contributed by atoms with E-state index in [1.165, 1.54) is 11.1 Å². The molecule has 7 N–H and O–H groups in total. The Morgan fingerprint density at radius 2 is 1.12 bits per heavy atom. The third-order valence-corrected chi connectivity index (χ3v) is 14.7. The summed E-state index contributed by atoms with van der Waals surface area (Å²) in [6.45, 7) is 3.28. The number of carbonyl (C=O) groups excluding carboxylic acids is 4. The molecule has 13 heteroatoms. The first-order valence-corrected chi connectivity index (χ1v) is 22.9. The quantitative estimate of drug-likeness (QED) is 0.118. The Bertz CT molecular complexity index is 2420. The van der Waals surface area contributed by atoms with Crippen molar-refractivity contribution in [3.8, 4) is 0 Å². The molecule has 2 unspecified atom stereocenters. The number of piperidine rings is 2. The third-order valence-electron chi connectivity index (χ3n) is 14.7. The molecule has 3 amide bonds. The standard InChI is InChI=1S/C51H59N5O8/c52-32-35-8-2-10-39(28-35)37-15-23-55(24-16-37)45(58)41-12-1-7-34(27-41)30-44(57)51(48(61)19-5-20-48)63-49(21-6-22-49)50(62,64-51)47(60)54-43-14-4-13-42(31-43)46(59)56-25-17-38(18-26-56)40-11-3-9-36(29-40)33-53/h1-4,7-14,27-29,31,37-38,61-62H,5-6,15-26,30,32-33,52-53H2,(H,54,60). The summed E-state index contributed by atoms with van der Waals surface area (Å²) in [6.07, 6.45) is 4.93. The highest BCUT2D eigenvalue weighted by Gasteiger charge is 2.78. The average Bonchev–Trinajstić information content (AvgIpc) is 3.63. The van der Waals surface area contributed by atoms with Gasteiger partial charge in [0.15, 0.2) is 5.78 Å². The zero-order valence-electron chi connectivity index (χ0n) is 36.3. The van der Waals surface area contributed by atoms with Crippen LogP contribution in [0.4, 0.5) is 5.69 Å². The number of anilines is 1. The molecule has 64 heavy (non-hydrogen) atoms. The van der Waals surface area contributed by atoms with Gasteiger partial charge in [0.1, 0.15) is 11.2 Å². The molecule has 0 bridgehead atoms. The molecule has 13 nitrogen and oxygen atoms in total. The Balaban J connectivity index is 0.879. The van der Waals surface area contributed by atoms with Gasteiger partial charge >= 0.3 is 0 Å². The predicted molar refractivity (Wildman–Crippen MR) is 240 cm³/mol. The molecule has 3 saturated heterocycles. The van der Waals surface area contributed by atoms with Crippen LogP contribution in [0.5, 0.6) is 0 Å². The molecule has 2 aliphatic carbocycles. The van der Waals surface area contributed by atoms with Gasteiger partial charge in [0, 0.05) is 62.5 Å². The molecule has 1 spiro atoms. The smallest absolute Gasteiger partial charge is 0.287 e. The van der Waals surface area contributed by atoms with E-state index >= 15 is 0 Å². The second-order valence-electron chi connectivity index (χ2n) is 18.6. The minimum Gasteiger partial charge on any atom is -0.384 e. The van der Waals surface area contributed by atoms with Crippen LogP contribution in [0.1, 0.15) is 125 Å². The fourth-order valence-corrected chi connectivity index (χ4v) is 10.5. The molecule has 4 aromatic carbocycles. The van der Waals surface area contributed by atoms with E-state index in [9.17, 15) is 29.4 Å². The van der Waals surface area contributed by atoms with Crippen LogP contribution in [0.2, 0.25) is 0 Å². The first-order chi connectivity index (χ1) is 30.9. The number of amides is 3. The Kier molecular flexibility index (Phi) is 12.1. The van der Waals surface area contributed by atoms with Gasteiger partial charge in [-0.3, -0.25) is 23.9 Å². The summed E-state index contributed by atoms with van der Waals surface area (Å²) in [5, 5.41) is 27.1. The number of carbonyl (C=O) groups is 4. The number of nitrogens with one attached hydrogen (secondary N) is 1. The highest BCUT2D eigenvalue weighted by Crippen LogP contribution is 2.60. The number of benzene rings is 4. The summed E-state index contributed by atoms with van der Waals surface area (Å²) >= 11 is 0. The second kappa shape index (κ2) is 17.6. The lowest BCUT2D eigenvalue weighted by Gasteiger charge is -2.48. The van der Waals surface area contributed by atoms with Crippen LogP contribution in [0, 0.1) is 0 Å². The van der Waals surface area contributed by atoms with E-state index in [4.69, 9.17) is 20.9 Å². The minimum absolute atomic E-state index is 0.135. The lowest BCUT2D eigenvalue weighted by Crippen LogP contribution is -2.65. The molecule has 336 valence electrons. The number of hydrogen-bond donors (Lipinski definition) is 5. The number of aliphatic hydroxyl groups is 2. The van der Waals surface area contributed by atoms with Gasteiger partial charge in [-0.15, -0.1) is 0 Å². The van der Waals surface area contributed by atoms with E-state index in [-0.39, 0.29) is 49.6 Å². The van der Waals surface area contributed by atoms with Gasteiger partial charge in [-0.1, -0.05) is 66.7 Å². The van der Waals surface area contributed by atoms with Crippen molar-refractivity contribution in [3.63, 3.8) is 0 Å². The third kappa shape index (κ3) is 7.96. The molecule has 5 aliphatic rings. The number of Topliss-reactive ketones (excluding diaryl/α,β-unsaturated/α-hetero) is 1. The van der Waals surface area contributed by atoms with E-state index in [0.29, 0.717) is 80.6 Å². The minimum atomic E-state index is -2.65. The molecule has 4 aromatic rings. The number of rotatable bonds is 12. The lowest BCUT2D eigenvalue weighted by atomic mass is 9.71. The van der Waals surface area contributed by atoms with Crippen LogP contribution >= 0.6 is 0 Å². The molecule has 3 heterocycles. The van der Waals surface area contributed by atoms with Gasteiger partial charge in [-0.25, -0.2) is 0 Å². The van der Waals surface area contributed by atoms with Crippen molar-refractivity contribution in [1.82, 2.24) is 9.80 Å². The summed E-state index contributed by atoms with van der Waals surface area (Å²) in [6, 6.07) is 30.0. The highest BCUT2D eigenvalue weighted by atomic mass is 16.8. The Morgan fingerprint density at radius 1 is 0.625 bits per heavy atom. The van der Waals surface area contributed by atoms with Crippen molar-refractivity contribution in [2.75, 3.05) is 31.5 Å². The van der Waals surface area contributed by atoms with Crippen LogP contribution < -0.4 is 16.8 Å². The van der Waals surface area contributed by atoms with Crippen molar-refractivity contribution in [3.05, 3.63) is 136 Å². The topological polar surface area (TPSA) is 198 Å². The van der Waals surface area contributed by atoms with Crippen LogP contribution in [0.15, 0.2) is 97.1 Å².